The van der Waals surface area contributed by atoms with E-state index >= 15 is 0 Å². The van der Waals surface area contributed by atoms with Crippen LogP contribution in [0.25, 0.3) is 33.7 Å². The number of allylic oxidation sites excluding steroid dienone is 1. The lowest BCUT2D eigenvalue weighted by Crippen LogP contribution is -2.21. The van der Waals surface area contributed by atoms with Crippen LogP contribution in [0.2, 0.25) is 0 Å². The second-order valence-corrected chi connectivity index (χ2v) is 6.85. The number of fused-ring (bicyclic) bond motifs is 1. The van der Waals surface area contributed by atoms with Crippen molar-refractivity contribution in [3.63, 3.8) is 0 Å². The van der Waals surface area contributed by atoms with E-state index in [4.69, 9.17) is 4.42 Å². The van der Waals surface area contributed by atoms with Crippen LogP contribution in [0, 0.1) is 0 Å². The zero-order valence-electron chi connectivity index (χ0n) is 15.3. The fourth-order valence-corrected chi connectivity index (χ4v) is 3.95. The summed E-state index contributed by atoms with van der Waals surface area (Å²) in [4.78, 5) is 20.3. The molecular formula is C21H22N2O2S. The molecule has 2 heterocycles. The number of rotatable bonds is 6. The average Bonchev–Trinajstić information content (AvgIpc) is 3.05. The highest BCUT2D eigenvalue weighted by molar-refractivity contribution is 7.16. The molecule has 0 aliphatic rings. The molecule has 3 aromatic rings. The summed E-state index contributed by atoms with van der Waals surface area (Å²) in [6.45, 7) is 11.8. The number of anilines is 1. The van der Waals surface area contributed by atoms with E-state index in [-0.39, 0.29) is 5.63 Å². The van der Waals surface area contributed by atoms with Gasteiger partial charge in [-0.15, -0.1) is 11.3 Å². The maximum Gasteiger partial charge on any atom is 0.346 e. The Morgan fingerprint density at radius 2 is 2.04 bits per heavy atom. The van der Waals surface area contributed by atoms with E-state index in [9.17, 15) is 4.79 Å². The number of hydrogen-bond donors (Lipinski definition) is 0. The van der Waals surface area contributed by atoms with Crippen molar-refractivity contribution in [2.75, 3.05) is 18.0 Å². The van der Waals surface area contributed by atoms with Gasteiger partial charge in [-0.25, -0.2) is 9.78 Å². The second kappa shape index (κ2) is 7.70. The summed E-state index contributed by atoms with van der Waals surface area (Å²) in [6, 6.07) is 7.83. The predicted molar refractivity (Wildman–Crippen MR) is 112 cm³/mol. The molecule has 5 heteroatoms. The van der Waals surface area contributed by atoms with Gasteiger partial charge in [-0.3, -0.25) is 0 Å². The average molecular weight is 366 g/mol. The van der Waals surface area contributed by atoms with Gasteiger partial charge in [0.05, 0.1) is 16.1 Å². The lowest BCUT2D eigenvalue weighted by molar-refractivity contribution is 0.563. The standard InChI is InChI=1S/C21H22N2O2S/c1-5-9-19-17(6-2)22-20(26-19)16-12-14-10-11-15(23(7-3)8-4)13-18(14)25-21(16)24/h5-6,9-13H,2,7-8H2,1,3-4H3/b9-5-. The third-order valence-corrected chi connectivity index (χ3v) is 5.34. The van der Waals surface area contributed by atoms with E-state index in [1.165, 1.54) is 11.3 Å². The fraction of sp³-hybridized carbons (Fsp3) is 0.238. The third kappa shape index (κ3) is 3.35. The van der Waals surface area contributed by atoms with Crippen LogP contribution in [0.3, 0.4) is 0 Å². The van der Waals surface area contributed by atoms with Crippen LogP contribution in [0.5, 0.6) is 0 Å². The molecule has 0 aliphatic heterocycles. The van der Waals surface area contributed by atoms with Crippen molar-refractivity contribution in [1.29, 1.82) is 0 Å². The molecule has 0 N–H and O–H groups in total. The summed E-state index contributed by atoms with van der Waals surface area (Å²) < 4.78 is 5.61. The lowest BCUT2D eigenvalue weighted by atomic mass is 10.1. The molecule has 0 spiro atoms. The molecule has 0 amide bonds. The highest BCUT2D eigenvalue weighted by Gasteiger charge is 2.15. The first-order chi connectivity index (χ1) is 12.6. The molecular weight excluding hydrogens is 344 g/mol. The summed E-state index contributed by atoms with van der Waals surface area (Å²) in [7, 11) is 0. The predicted octanol–water partition coefficient (Wildman–Crippen LogP) is 5.44. The van der Waals surface area contributed by atoms with Crippen LogP contribution < -0.4 is 10.5 Å². The summed E-state index contributed by atoms with van der Waals surface area (Å²) in [5.41, 5.74) is 2.54. The topological polar surface area (TPSA) is 46.3 Å². The number of thiazole rings is 1. The van der Waals surface area contributed by atoms with Gasteiger partial charge in [0.15, 0.2) is 0 Å². The van der Waals surface area contributed by atoms with E-state index in [0.29, 0.717) is 16.2 Å². The number of benzene rings is 1. The van der Waals surface area contributed by atoms with E-state index < -0.39 is 0 Å². The first kappa shape index (κ1) is 18.1. The Morgan fingerprint density at radius 1 is 1.27 bits per heavy atom. The molecule has 134 valence electrons. The fourth-order valence-electron chi connectivity index (χ4n) is 2.91. The molecule has 0 saturated carbocycles. The van der Waals surface area contributed by atoms with E-state index in [1.54, 1.807) is 6.08 Å². The third-order valence-electron chi connectivity index (χ3n) is 4.27. The number of hydrogen-bond acceptors (Lipinski definition) is 5. The number of nitrogens with zero attached hydrogens (tertiary/aromatic N) is 2. The minimum Gasteiger partial charge on any atom is -0.422 e. The Hall–Kier alpha value is -2.66. The molecule has 0 unspecified atom stereocenters. The van der Waals surface area contributed by atoms with Gasteiger partial charge in [0.1, 0.15) is 10.6 Å². The SMILES string of the molecule is C=Cc1nc(-c2cc3ccc(N(CC)CC)cc3oc2=O)sc1/C=C\C. The first-order valence-corrected chi connectivity index (χ1v) is 9.52. The molecule has 0 atom stereocenters. The Labute approximate surface area is 157 Å². The van der Waals surface area contributed by atoms with Crippen molar-refractivity contribution in [3.8, 4) is 10.6 Å². The maximum atomic E-state index is 12.6. The van der Waals surface area contributed by atoms with Crippen molar-refractivity contribution in [2.24, 2.45) is 0 Å². The van der Waals surface area contributed by atoms with Gasteiger partial charge >= 0.3 is 5.63 Å². The van der Waals surface area contributed by atoms with Gasteiger partial charge in [0, 0.05) is 30.2 Å². The van der Waals surface area contributed by atoms with Gasteiger partial charge in [0.25, 0.3) is 0 Å². The van der Waals surface area contributed by atoms with Crippen LogP contribution in [0.1, 0.15) is 31.3 Å². The molecule has 0 radical (unpaired) electrons. The van der Waals surface area contributed by atoms with Crippen molar-refractivity contribution in [1.82, 2.24) is 4.98 Å². The normalized spacial score (nSPS) is 11.3. The van der Waals surface area contributed by atoms with E-state index in [0.717, 1.165) is 34.7 Å². The smallest absolute Gasteiger partial charge is 0.346 e. The monoisotopic (exact) mass is 366 g/mol. The maximum absolute atomic E-state index is 12.6. The molecule has 0 fully saturated rings. The highest BCUT2D eigenvalue weighted by atomic mass is 32.1. The quantitative estimate of drug-likeness (QED) is 0.545. The Morgan fingerprint density at radius 3 is 2.69 bits per heavy atom. The molecule has 4 nitrogen and oxygen atoms in total. The first-order valence-electron chi connectivity index (χ1n) is 8.70. The molecule has 0 aliphatic carbocycles. The van der Waals surface area contributed by atoms with Crippen LogP contribution in [-0.4, -0.2) is 18.1 Å². The highest BCUT2D eigenvalue weighted by Crippen LogP contribution is 2.30. The zero-order valence-corrected chi connectivity index (χ0v) is 16.1. The van der Waals surface area contributed by atoms with E-state index in [2.05, 4.69) is 36.4 Å². The Balaban J connectivity index is 2.11. The second-order valence-electron chi connectivity index (χ2n) is 5.81. The van der Waals surface area contributed by atoms with Crippen molar-refractivity contribution < 1.29 is 4.42 Å². The zero-order chi connectivity index (χ0) is 18.7. The van der Waals surface area contributed by atoms with Crippen molar-refractivity contribution >= 4 is 40.1 Å². The summed E-state index contributed by atoms with van der Waals surface area (Å²) in [5, 5.41) is 1.54. The van der Waals surface area contributed by atoms with Crippen LogP contribution in [-0.2, 0) is 0 Å². The summed E-state index contributed by atoms with van der Waals surface area (Å²) in [6.07, 6.45) is 5.62. The van der Waals surface area contributed by atoms with Gasteiger partial charge in [-0.1, -0.05) is 12.7 Å². The van der Waals surface area contributed by atoms with Crippen molar-refractivity contribution in [3.05, 3.63) is 57.9 Å². The number of aromatic nitrogens is 1. The molecule has 2 aromatic heterocycles. The van der Waals surface area contributed by atoms with Gasteiger partial charge in [-0.2, -0.15) is 0 Å². The summed E-state index contributed by atoms with van der Waals surface area (Å²) in [5.74, 6) is 0. The van der Waals surface area contributed by atoms with Crippen LogP contribution >= 0.6 is 11.3 Å². The van der Waals surface area contributed by atoms with Gasteiger partial charge in [-0.05, 0) is 51.1 Å². The summed E-state index contributed by atoms with van der Waals surface area (Å²) >= 11 is 1.46. The minimum absolute atomic E-state index is 0.370. The molecule has 0 bridgehead atoms. The lowest BCUT2D eigenvalue weighted by Gasteiger charge is -2.20. The van der Waals surface area contributed by atoms with Gasteiger partial charge < -0.3 is 9.32 Å². The van der Waals surface area contributed by atoms with E-state index in [1.807, 2.05) is 37.3 Å². The molecule has 26 heavy (non-hydrogen) atoms. The Bertz CT molecular complexity index is 1030. The van der Waals surface area contributed by atoms with Gasteiger partial charge in [0.2, 0.25) is 0 Å². The Kier molecular flexibility index (Phi) is 5.38. The minimum atomic E-state index is -0.370. The molecule has 3 rings (SSSR count). The molecule has 1 aromatic carbocycles. The molecule has 0 saturated heterocycles. The van der Waals surface area contributed by atoms with Crippen LogP contribution in [0.15, 0.2) is 46.1 Å². The largest absolute Gasteiger partial charge is 0.422 e. The van der Waals surface area contributed by atoms with Crippen molar-refractivity contribution in [2.45, 2.75) is 20.8 Å². The van der Waals surface area contributed by atoms with Crippen LogP contribution in [0.4, 0.5) is 5.69 Å².